The summed E-state index contributed by atoms with van der Waals surface area (Å²) >= 11 is 0. The van der Waals surface area contributed by atoms with E-state index in [1.54, 1.807) is 0 Å². The number of pyridine rings is 1. The summed E-state index contributed by atoms with van der Waals surface area (Å²) in [7, 11) is 6.65. The van der Waals surface area contributed by atoms with Crippen molar-refractivity contribution in [2.24, 2.45) is 7.05 Å². The van der Waals surface area contributed by atoms with Crippen LogP contribution < -0.4 is 29.3 Å². The zero-order chi connectivity index (χ0) is 25.7. The molecule has 4 aromatic rings. The van der Waals surface area contributed by atoms with Crippen LogP contribution in [0.25, 0.3) is 11.1 Å². The van der Waals surface area contributed by atoms with Gasteiger partial charge < -0.3 is 14.4 Å². The normalized spacial score (nSPS) is 15.1. The number of benzene rings is 3. The molecule has 3 aliphatic rings. The Balaban J connectivity index is 1.44. The van der Waals surface area contributed by atoms with Crippen LogP contribution in [0.15, 0.2) is 66.9 Å². The van der Waals surface area contributed by atoms with E-state index in [1.165, 1.54) is 67.5 Å². The number of para-hydroxylation sites is 1. The third kappa shape index (κ3) is 2.74. The summed E-state index contributed by atoms with van der Waals surface area (Å²) in [6.45, 7) is 9.42. The number of fused-ring (bicyclic) bond motifs is 9. The van der Waals surface area contributed by atoms with E-state index in [0.717, 1.165) is 0 Å². The van der Waals surface area contributed by atoms with Gasteiger partial charge in [0.2, 0.25) is 0 Å². The predicted molar refractivity (Wildman–Crippen MR) is 158 cm³/mol. The highest BCUT2D eigenvalue weighted by atomic mass is 15.3. The summed E-state index contributed by atoms with van der Waals surface area (Å²) in [5, 5.41) is 0. The maximum Gasteiger partial charge on any atom is 0.498 e. The fourth-order valence-electron chi connectivity index (χ4n) is 7.02. The fraction of sp³-hybridized carbons (Fsp3) is 0.233. The van der Waals surface area contributed by atoms with Crippen molar-refractivity contribution in [3.8, 4) is 11.1 Å². The summed E-state index contributed by atoms with van der Waals surface area (Å²) in [6, 6.07) is 22.4. The number of aromatic nitrogens is 1. The molecule has 4 heterocycles. The summed E-state index contributed by atoms with van der Waals surface area (Å²) in [5.74, 6) is 1.26. The van der Waals surface area contributed by atoms with E-state index in [1.807, 2.05) is 0 Å². The van der Waals surface area contributed by atoms with E-state index in [-0.39, 0.29) is 14.0 Å². The lowest BCUT2D eigenvalue weighted by molar-refractivity contribution is -0.657. The van der Waals surface area contributed by atoms with E-state index < -0.39 is 0 Å². The van der Waals surface area contributed by atoms with Crippen LogP contribution in [0.3, 0.4) is 0 Å². The molecule has 0 aliphatic carbocycles. The molecule has 3 aromatic carbocycles. The van der Waals surface area contributed by atoms with Crippen LogP contribution in [0.1, 0.15) is 16.7 Å². The Bertz CT molecular complexity index is 1620. The van der Waals surface area contributed by atoms with Crippen molar-refractivity contribution in [1.29, 1.82) is 0 Å². The molecule has 0 bridgehead atoms. The number of nitrogens with zero attached hydrogens (tertiary/aromatic N) is 5. The minimum Gasteiger partial charge on any atom is -0.393 e. The van der Waals surface area contributed by atoms with Gasteiger partial charge >= 0.3 is 14.0 Å². The maximum absolute atomic E-state index is 2.53. The Kier molecular flexibility index (Phi) is 4.58. The summed E-state index contributed by atoms with van der Waals surface area (Å²) in [4.78, 5) is 9.95. The SMILES string of the molecule is CB1N(C)c2c(C)c(C)c[n+](C)c2N1c1ccc2c(c1C)N(C)B1c3ccccc3-c3ccccc3N12. The van der Waals surface area contributed by atoms with Gasteiger partial charge in [0.1, 0.15) is 11.4 Å². The predicted octanol–water partition coefficient (Wildman–Crippen LogP) is 5.11. The highest BCUT2D eigenvalue weighted by molar-refractivity contribution is 6.85. The molecule has 37 heavy (non-hydrogen) atoms. The summed E-state index contributed by atoms with van der Waals surface area (Å²) in [5.41, 5.74) is 14.4. The minimum absolute atomic E-state index is 0.141. The van der Waals surface area contributed by atoms with Crippen LogP contribution in [-0.4, -0.2) is 28.1 Å². The number of rotatable bonds is 1. The molecular formula is C30H32B2N5+. The third-order valence-electron chi connectivity index (χ3n) is 8.95. The third-order valence-corrected chi connectivity index (χ3v) is 8.95. The molecule has 0 saturated carbocycles. The second-order valence-corrected chi connectivity index (χ2v) is 10.9. The van der Waals surface area contributed by atoms with Crippen LogP contribution in [0.2, 0.25) is 6.82 Å². The Hall–Kier alpha value is -3.86. The molecule has 0 amide bonds. The lowest BCUT2D eigenvalue weighted by atomic mass is 9.60. The van der Waals surface area contributed by atoms with Crippen molar-refractivity contribution < 1.29 is 4.57 Å². The van der Waals surface area contributed by atoms with Crippen molar-refractivity contribution in [3.63, 3.8) is 0 Å². The Morgan fingerprint density at radius 3 is 2.14 bits per heavy atom. The van der Waals surface area contributed by atoms with E-state index in [9.17, 15) is 0 Å². The molecular weight excluding hydrogens is 452 g/mol. The van der Waals surface area contributed by atoms with Gasteiger partial charge in [0.25, 0.3) is 5.82 Å². The zero-order valence-corrected chi connectivity index (χ0v) is 22.7. The van der Waals surface area contributed by atoms with E-state index in [2.05, 4.69) is 139 Å². The first-order chi connectivity index (χ1) is 17.8. The van der Waals surface area contributed by atoms with Gasteiger partial charge in [0.05, 0.1) is 24.6 Å². The average Bonchev–Trinajstić information content (AvgIpc) is 3.35. The van der Waals surface area contributed by atoms with Gasteiger partial charge in [-0.25, -0.2) is 4.57 Å². The Morgan fingerprint density at radius 2 is 1.35 bits per heavy atom. The van der Waals surface area contributed by atoms with Gasteiger partial charge in [-0.2, -0.15) is 0 Å². The van der Waals surface area contributed by atoms with E-state index in [4.69, 9.17) is 0 Å². The van der Waals surface area contributed by atoms with Crippen LogP contribution >= 0.6 is 0 Å². The first-order valence-corrected chi connectivity index (χ1v) is 13.2. The molecule has 3 aliphatic heterocycles. The smallest absolute Gasteiger partial charge is 0.393 e. The lowest BCUT2D eigenvalue weighted by Gasteiger charge is -2.35. The quantitative estimate of drug-likeness (QED) is 0.276. The first kappa shape index (κ1) is 22.3. The minimum atomic E-state index is 0.141. The van der Waals surface area contributed by atoms with Crippen LogP contribution in [-0.2, 0) is 7.05 Å². The van der Waals surface area contributed by atoms with Gasteiger partial charge in [-0.3, -0.25) is 4.81 Å². The van der Waals surface area contributed by atoms with Gasteiger partial charge in [0.15, 0.2) is 0 Å². The van der Waals surface area contributed by atoms with Crippen molar-refractivity contribution in [2.45, 2.75) is 27.6 Å². The number of hydrogen-bond donors (Lipinski definition) is 0. The highest BCUT2D eigenvalue weighted by Crippen LogP contribution is 2.52. The van der Waals surface area contributed by atoms with Crippen molar-refractivity contribution >= 4 is 53.7 Å². The highest BCUT2D eigenvalue weighted by Gasteiger charge is 2.50. The van der Waals surface area contributed by atoms with Gasteiger partial charge in [-0.05, 0) is 82.0 Å². The fourth-order valence-corrected chi connectivity index (χ4v) is 7.02. The van der Waals surface area contributed by atoms with Crippen LogP contribution in [0.4, 0.5) is 34.3 Å². The Labute approximate surface area is 220 Å². The molecule has 0 unspecified atom stereocenters. The number of hydrogen-bond acceptors (Lipinski definition) is 4. The monoisotopic (exact) mass is 484 g/mol. The van der Waals surface area contributed by atoms with E-state index in [0.29, 0.717) is 0 Å². The molecule has 0 N–H and O–H groups in total. The molecule has 5 nitrogen and oxygen atoms in total. The number of anilines is 6. The van der Waals surface area contributed by atoms with Gasteiger partial charge in [0, 0.05) is 16.8 Å². The Morgan fingerprint density at radius 1 is 0.676 bits per heavy atom. The van der Waals surface area contributed by atoms with Crippen LogP contribution in [0.5, 0.6) is 0 Å². The summed E-state index contributed by atoms with van der Waals surface area (Å²) < 4.78 is 2.30. The molecule has 1 aromatic heterocycles. The van der Waals surface area contributed by atoms with E-state index >= 15 is 0 Å². The molecule has 0 spiro atoms. The van der Waals surface area contributed by atoms with Gasteiger partial charge in [-0.1, -0.05) is 42.5 Å². The number of aryl methyl sites for hydroxylation is 2. The lowest BCUT2D eigenvalue weighted by Crippen LogP contribution is -2.56. The molecule has 7 rings (SSSR count). The molecule has 0 fully saturated rings. The topological polar surface area (TPSA) is 16.8 Å². The van der Waals surface area contributed by atoms with Gasteiger partial charge in [-0.15, -0.1) is 0 Å². The second kappa shape index (κ2) is 7.58. The zero-order valence-electron chi connectivity index (χ0n) is 22.7. The van der Waals surface area contributed by atoms with Crippen molar-refractivity contribution in [1.82, 2.24) is 0 Å². The maximum atomic E-state index is 2.53. The largest absolute Gasteiger partial charge is 0.498 e. The first-order valence-electron chi connectivity index (χ1n) is 13.2. The molecule has 0 atom stereocenters. The standard InChI is InChI=1S/C30H32B2N5/c1-19-18-33(5)30-29(20(19)2)34(6)31(4)37(30)25-16-17-27-28(21(25)3)35(7)32-24-14-10-8-12-22(24)23-13-9-11-15-26(23)36(27)32/h8-18H,1-7H3/q+1. The second-order valence-electron chi connectivity index (χ2n) is 10.9. The average molecular weight is 484 g/mol. The van der Waals surface area contributed by atoms with Crippen LogP contribution in [0, 0.1) is 20.8 Å². The molecule has 182 valence electrons. The molecule has 0 radical (unpaired) electrons. The summed E-state index contributed by atoms with van der Waals surface area (Å²) in [6.07, 6.45) is 2.26. The van der Waals surface area contributed by atoms with Crippen molar-refractivity contribution in [2.75, 3.05) is 33.3 Å². The molecule has 0 saturated heterocycles. The molecule has 7 heteroatoms. The van der Waals surface area contributed by atoms with Crippen molar-refractivity contribution in [3.05, 3.63) is 83.6 Å².